The van der Waals surface area contributed by atoms with Crippen LogP contribution in [0, 0.1) is 0 Å². The van der Waals surface area contributed by atoms with Crippen molar-refractivity contribution in [1.29, 1.82) is 0 Å². The fraction of sp³-hybridized carbons (Fsp3) is 0.571. The number of benzene rings is 1. The quantitative estimate of drug-likeness (QED) is 0.846. The van der Waals surface area contributed by atoms with Gasteiger partial charge < -0.3 is 14.8 Å². The van der Waals surface area contributed by atoms with Gasteiger partial charge in [-0.3, -0.25) is 0 Å². The van der Waals surface area contributed by atoms with Gasteiger partial charge in [-0.1, -0.05) is 19.1 Å². The maximum absolute atomic E-state index is 5.96. The van der Waals surface area contributed by atoms with Crippen molar-refractivity contribution in [3.8, 4) is 5.75 Å². The summed E-state index contributed by atoms with van der Waals surface area (Å²) in [5, 5.41) is 3.24. The Kier molecular flexibility index (Phi) is 4.02. The number of nitrogens with one attached hydrogen (secondary N) is 1. The van der Waals surface area contributed by atoms with Gasteiger partial charge in [0.05, 0.1) is 0 Å². The van der Waals surface area contributed by atoms with Crippen molar-refractivity contribution in [2.75, 3.05) is 14.2 Å². The molecule has 0 radical (unpaired) electrons. The molecule has 1 aromatic rings. The molecule has 0 aliphatic heterocycles. The highest BCUT2D eigenvalue weighted by molar-refractivity contribution is 5.29. The van der Waals surface area contributed by atoms with Gasteiger partial charge in [0.2, 0.25) is 0 Å². The Bertz CT molecular complexity index is 367. The molecule has 0 aromatic heterocycles. The summed E-state index contributed by atoms with van der Waals surface area (Å²) < 4.78 is 11.4. The van der Waals surface area contributed by atoms with E-state index in [0.717, 1.165) is 18.6 Å². The lowest BCUT2D eigenvalue weighted by atomic mass is 9.85. The van der Waals surface area contributed by atoms with E-state index in [1.54, 1.807) is 7.11 Å². The lowest BCUT2D eigenvalue weighted by molar-refractivity contribution is -0.0869. The minimum absolute atomic E-state index is 0.158. The van der Waals surface area contributed by atoms with E-state index in [4.69, 9.17) is 9.47 Å². The molecule has 17 heavy (non-hydrogen) atoms. The average Bonchev–Trinajstić information content (AvgIpc) is 2.34. The Morgan fingerprint density at radius 2 is 2.24 bits per heavy atom. The maximum Gasteiger partial charge on any atom is 0.128 e. The van der Waals surface area contributed by atoms with Gasteiger partial charge in [-0.05, 0) is 31.2 Å². The van der Waals surface area contributed by atoms with Crippen LogP contribution >= 0.6 is 0 Å². The van der Waals surface area contributed by atoms with Crippen molar-refractivity contribution >= 4 is 0 Å². The molecule has 1 fully saturated rings. The van der Waals surface area contributed by atoms with E-state index in [-0.39, 0.29) is 12.2 Å². The third-order valence-corrected chi connectivity index (χ3v) is 3.49. The van der Waals surface area contributed by atoms with Crippen LogP contribution in [0.4, 0.5) is 0 Å². The Morgan fingerprint density at radius 3 is 2.88 bits per heavy atom. The minimum atomic E-state index is 0.158. The smallest absolute Gasteiger partial charge is 0.128 e. The molecular formula is C14H21NO2. The van der Waals surface area contributed by atoms with Crippen LogP contribution in [0.1, 0.15) is 18.9 Å². The highest BCUT2D eigenvalue weighted by Crippen LogP contribution is 2.28. The van der Waals surface area contributed by atoms with E-state index >= 15 is 0 Å². The molecule has 1 N–H and O–H groups in total. The number of hydrogen-bond acceptors (Lipinski definition) is 3. The zero-order valence-electron chi connectivity index (χ0n) is 10.8. The molecule has 2 rings (SSSR count). The molecule has 3 unspecified atom stereocenters. The van der Waals surface area contributed by atoms with Crippen LogP contribution in [0.5, 0.6) is 5.75 Å². The number of aryl methyl sites for hydroxylation is 1. The van der Waals surface area contributed by atoms with E-state index in [1.807, 2.05) is 19.2 Å². The largest absolute Gasteiger partial charge is 0.488 e. The zero-order valence-corrected chi connectivity index (χ0v) is 10.8. The molecule has 0 amide bonds. The van der Waals surface area contributed by atoms with Crippen LogP contribution in [0.3, 0.4) is 0 Å². The first-order valence-corrected chi connectivity index (χ1v) is 6.24. The van der Waals surface area contributed by atoms with Gasteiger partial charge in [0, 0.05) is 19.6 Å². The lowest BCUT2D eigenvalue weighted by Crippen LogP contribution is -2.60. The van der Waals surface area contributed by atoms with Crippen molar-refractivity contribution in [3.63, 3.8) is 0 Å². The molecule has 1 aromatic carbocycles. The molecule has 1 aliphatic rings. The SMILES string of the molecule is CCc1cccc(OC2CC(NC)C2OC)c1. The van der Waals surface area contributed by atoms with Crippen LogP contribution in [-0.4, -0.2) is 32.4 Å². The van der Waals surface area contributed by atoms with E-state index in [2.05, 4.69) is 24.4 Å². The zero-order chi connectivity index (χ0) is 12.3. The van der Waals surface area contributed by atoms with E-state index in [0.29, 0.717) is 6.04 Å². The second kappa shape index (κ2) is 5.52. The van der Waals surface area contributed by atoms with Crippen LogP contribution in [0.2, 0.25) is 0 Å². The molecule has 3 atom stereocenters. The first kappa shape index (κ1) is 12.4. The van der Waals surface area contributed by atoms with Crippen molar-refractivity contribution in [3.05, 3.63) is 29.8 Å². The maximum atomic E-state index is 5.96. The number of rotatable bonds is 5. The Labute approximate surface area is 103 Å². The molecule has 1 aliphatic carbocycles. The number of likely N-dealkylation sites (N-methyl/N-ethyl adjacent to an activating group) is 1. The normalized spacial score (nSPS) is 27.6. The van der Waals surface area contributed by atoms with Crippen LogP contribution < -0.4 is 10.1 Å². The Balaban J connectivity index is 1.97. The average molecular weight is 235 g/mol. The standard InChI is InChI=1S/C14H21NO2/c1-4-10-6-5-7-11(8-10)17-13-9-12(15-2)14(13)16-3/h5-8,12-15H,4,9H2,1-3H3. The molecule has 3 heteroatoms. The lowest BCUT2D eigenvalue weighted by Gasteiger charge is -2.43. The summed E-state index contributed by atoms with van der Waals surface area (Å²) in [6.45, 7) is 2.15. The van der Waals surface area contributed by atoms with Gasteiger partial charge in [-0.15, -0.1) is 0 Å². The Morgan fingerprint density at radius 1 is 1.41 bits per heavy atom. The molecule has 1 saturated carbocycles. The van der Waals surface area contributed by atoms with Crippen molar-refractivity contribution in [1.82, 2.24) is 5.32 Å². The monoisotopic (exact) mass is 235 g/mol. The predicted molar refractivity (Wildman–Crippen MR) is 68.5 cm³/mol. The third-order valence-electron chi connectivity index (χ3n) is 3.49. The van der Waals surface area contributed by atoms with Gasteiger partial charge in [-0.2, -0.15) is 0 Å². The van der Waals surface area contributed by atoms with Gasteiger partial charge in [0.15, 0.2) is 0 Å². The highest BCUT2D eigenvalue weighted by atomic mass is 16.5. The van der Waals surface area contributed by atoms with Crippen LogP contribution in [0.25, 0.3) is 0 Å². The van der Waals surface area contributed by atoms with E-state index < -0.39 is 0 Å². The summed E-state index contributed by atoms with van der Waals surface area (Å²) in [5.41, 5.74) is 1.31. The highest BCUT2D eigenvalue weighted by Gasteiger charge is 2.42. The van der Waals surface area contributed by atoms with Crippen molar-refractivity contribution < 1.29 is 9.47 Å². The first-order chi connectivity index (χ1) is 8.28. The molecule has 0 bridgehead atoms. The Hall–Kier alpha value is -1.06. The summed E-state index contributed by atoms with van der Waals surface area (Å²) >= 11 is 0. The number of methoxy groups -OCH3 is 1. The fourth-order valence-corrected chi connectivity index (χ4v) is 2.31. The molecule has 0 heterocycles. The van der Waals surface area contributed by atoms with Gasteiger partial charge in [-0.25, -0.2) is 0 Å². The fourth-order valence-electron chi connectivity index (χ4n) is 2.31. The molecule has 0 saturated heterocycles. The van der Waals surface area contributed by atoms with Gasteiger partial charge in [0.25, 0.3) is 0 Å². The van der Waals surface area contributed by atoms with Crippen LogP contribution in [0.15, 0.2) is 24.3 Å². The topological polar surface area (TPSA) is 30.5 Å². The van der Waals surface area contributed by atoms with Crippen molar-refractivity contribution in [2.24, 2.45) is 0 Å². The predicted octanol–water partition coefficient (Wildman–Crippen LogP) is 2.00. The summed E-state index contributed by atoms with van der Waals surface area (Å²) in [7, 11) is 3.71. The summed E-state index contributed by atoms with van der Waals surface area (Å²) in [5.74, 6) is 0.950. The van der Waals surface area contributed by atoms with Crippen LogP contribution in [-0.2, 0) is 11.2 Å². The van der Waals surface area contributed by atoms with Gasteiger partial charge in [0.1, 0.15) is 18.0 Å². The minimum Gasteiger partial charge on any atom is -0.488 e. The molecular weight excluding hydrogens is 214 g/mol. The van der Waals surface area contributed by atoms with Gasteiger partial charge >= 0.3 is 0 Å². The number of ether oxygens (including phenoxy) is 2. The van der Waals surface area contributed by atoms with E-state index in [1.165, 1.54) is 5.56 Å². The van der Waals surface area contributed by atoms with Crippen molar-refractivity contribution in [2.45, 2.75) is 38.0 Å². The summed E-state index contributed by atoms with van der Waals surface area (Å²) in [4.78, 5) is 0. The molecule has 3 nitrogen and oxygen atoms in total. The van der Waals surface area contributed by atoms with E-state index in [9.17, 15) is 0 Å². The second-order valence-corrected chi connectivity index (χ2v) is 4.49. The third kappa shape index (κ3) is 2.61. The number of hydrogen-bond donors (Lipinski definition) is 1. The summed E-state index contributed by atoms with van der Waals surface area (Å²) in [6.07, 6.45) is 2.37. The molecule has 94 valence electrons. The second-order valence-electron chi connectivity index (χ2n) is 4.49. The summed E-state index contributed by atoms with van der Waals surface area (Å²) in [6, 6.07) is 8.71. The molecule has 0 spiro atoms. The first-order valence-electron chi connectivity index (χ1n) is 6.24.